The van der Waals surface area contributed by atoms with Crippen molar-refractivity contribution in [2.24, 2.45) is 0 Å². The molecule has 2 aliphatic heterocycles. The van der Waals surface area contributed by atoms with E-state index in [1.165, 1.54) is 0 Å². The van der Waals surface area contributed by atoms with E-state index in [1.54, 1.807) is 0 Å². The number of morpholine rings is 1. The van der Waals surface area contributed by atoms with Gasteiger partial charge in [0.25, 0.3) is 0 Å². The predicted molar refractivity (Wildman–Crippen MR) is 40.3 cm³/mol. The molecule has 2 unspecified atom stereocenters. The molecule has 6 heteroatoms. The third-order valence-corrected chi connectivity index (χ3v) is 3.78. The number of nitrogens with one attached hydrogen (secondary N) is 1. The van der Waals surface area contributed by atoms with Crippen molar-refractivity contribution in [3.05, 3.63) is 0 Å². The fourth-order valence-electron chi connectivity index (χ4n) is 1.55. The van der Waals surface area contributed by atoms with Gasteiger partial charge < -0.3 is 10.1 Å². The molecule has 0 bridgehead atoms. The summed E-state index contributed by atoms with van der Waals surface area (Å²) in [5.74, 6) is -0.171. The van der Waals surface area contributed by atoms with Gasteiger partial charge in [0.2, 0.25) is 5.91 Å². The highest BCUT2D eigenvalue weighted by Gasteiger charge is 2.41. The van der Waals surface area contributed by atoms with Crippen LogP contribution in [0.5, 0.6) is 0 Å². The van der Waals surface area contributed by atoms with Gasteiger partial charge in [-0.25, -0.2) is 8.42 Å². The zero-order valence-electron chi connectivity index (χ0n) is 6.32. The molecule has 2 fully saturated rings. The molecule has 2 atom stereocenters. The van der Waals surface area contributed by atoms with Crippen LogP contribution in [0.15, 0.2) is 0 Å². The lowest BCUT2D eigenvalue weighted by molar-refractivity contribution is -0.134. The van der Waals surface area contributed by atoms with E-state index in [-0.39, 0.29) is 36.2 Å². The summed E-state index contributed by atoms with van der Waals surface area (Å²) in [6, 6.07) is -0.323. The van der Waals surface area contributed by atoms with Gasteiger partial charge in [-0.2, -0.15) is 0 Å². The van der Waals surface area contributed by atoms with Crippen molar-refractivity contribution in [3.8, 4) is 0 Å². The fraction of sp³-hybridized carbons (Fsp3) is 0.833. The maximum absolute atomic E-state index is 11.1. The molecular formula is C6H9NO4S. The Kier molecular flexibility index (Phi) is 1.62. The monoisotopic (exact) mass is 191 g/mol. The van der Waals surface area contributed by atoms with Crippen LogP contribution in [0.4, 0.5) is 0 Å². The lowest BCUT2D eigenvalue weighted by Gasteiger charge is -2.24. The van der Waals surface area contributed by atoms with Gasteiger partial charge in [0, 0.05) is 0 Å². The molecule has 0 radical (unpaired) electrons. The van der Waals surface area contributed by atoms with Gasteiger partial charge >= 0.3 is 0 Å². The normalized spacial score (nSPS) is 38.8. The van der Waals surface area contributed by atoms with E-state index in [2.05, 4.69) is 5.32 Å². The molecular weight excluding hydrogens is 182 g/mol. The maximum atomic E-state index is 11.1. The van der Waals surface area contributed by atoms with E-state index in [0.717, 1.165) is 0 Å². The van der Waals surface area contributed by atoms with Gasteiger partial charge in [-0.3, -0.25) is 4.79 Å². The number of hydrogen-bond acceptors (Lipinski definition) is 4. The summed E-state index contributed by atoms with van der Waals surface area (Å²) < 4.78 is 27.2. The van der Waals surface area contributed by atoms with Crippen molar-refractivity contribution in [3.63, 3.8) is 0 Å². The Morgan fingerprint density at radius 3 is 2.92 bits per heavy atom. The molecule has 0 aromatic rings. The van der Waals surface area contributed by atoms with Gasteiger partial charge in [-0.15, -0.1) is 0 Å². The molecule has 0 saturated carbocycles. The molecule has 2 aliphatic rings. The molecule has 0 aromatic heterocycles. The summed E-state index contributed by atoms with van der Waals surface area (Å²) in [4.78, 5) is 10.8. The standard InChI is InChI=1S/C6H9NO4S/c8-6-1-11-5-3-12(9,10)2-4(5)7-6/h4-5H,1-3H2,(H,7,8). The van der Waals surface area contributed by atoms with Crippen LogP contribution >= 0.6 is 0 Å². The van der Waals surface area contributed by atoms with Crippen LogP contribution in [-0.4, -0.2) is 44.6 Å². The van der Waals surface area contributed by atoms with Crippen LogP contribution in [0.25, 0.3) is 0 Å². The van der Waals surface area contributed by atoms with Crippen molar-refractivity contribution < 1.29 is 17.9 Å². The second-order valence-corrected chi connectivity index (χ2v) is 5.25. The summed E-state index contributed by atoms with van der Waals surface area (Å²) in [6.45, 7) is -0.0172. The first-order valence-electron chi connectivity index (χ1n) is 3.68. The quantitative estimate of drug-likeness (QED) is 0.495. The molecule has 1 amide bonds. The zero-order chi connectivity index (χ0) is 8.77. The summed E-state index contributed by atoms with van der Waals surface area (Å²) >= 11 is 0. The van der Waals surface area contributed by atoms with Gasteiger partial charge in [0.15, 0.2) is 9.84 Å². The number of hydrogen-bond donors (Lipinski definition) is 1. The number of fused-ring (bicyclic) bond motifs is 1. The minimum atomic E-state index is -2.99. The fourth-order valence-corrected chi connectivity index (χ4v) is 3.36. The molecule has 68 valence electrons. The molecule has 0 aliphatic carbocycles. The molecule has 2 saturated heterocycles. The average Bonchev–Trinajstić information content (AvgIpc) is 2.21. The number of amides is 1. The largest absolute Gasteiger partial charge is 0.365 e. The third-order valence-electron chi connectivity index (χ3n) is 2.08. The Hall–Kier alpha value is -0.620. The van der Waals surface area contributed by atoms with Gasteiger partial charge in [0.05, 0.1) is 23.7 Å². The van der Waals surface area contributed by atoms with Crippen molar-refractivity contribution >= 4 is 15.7 Å². The van der Waals surface area contributed by atoms with Crippen molar-refractivity contribution in [1.29, 1.82) is 0 Å². The summed E-state index contributed by atoms with van der Waals surface area (Å²) in [6.07, 6.45) is -0.326. The second-order valence-electron chi connectivity index (χ2n) is 3.10. The first-order valence-corrected chi connectivity index (χ1v) is 5.50. The molecule has 0 aromatic carbocycles. The van der Waals surface area contributed by atoms with Crippen molar-refractivity contribution in [2.45, 2.75) is 12.1 Å². The van der Waals surface area contributed by atoms with Crippen LogP contribution in [-0.2, 0) is 19.4 Å². The Morgan fingerprint density at radius 1 is 1.42 bits per heavy atom. The lowest BCUT2D eigenvalue weighted by atomic mass is 10.2. The Balaban J connectivity index is 2.17. The molecule has 2 rings (SSSR count). The van der Waals surface area contributed by atoms with Gasteiger partial charge in [0.1, 0.15) is 6.61 Å². The van der Waals surface area contributed by atoms with E-state index in [0.29, 0.717) is 0 Å². The van der Waals surface area contributed by atoms with Crippen LogP contribution in [0.1, 0.15) is 0 Å². The van der Waals surface area contributed by atoms with Crippen LogP contribution in [0.3, 0.4) is 0 Å². The minimum Gasteiger partial charge on any atom is -0.365 e. The highest BCUT2D eigenvalue weighted by atomic mass is 32.2. The zero-order valence-corrected chi connectivity index (χ0v) is 7.13. The number of carbonyl (C=O) groups is 1. The van der Waals surface area contributed by atoms with Gasteiger partial charge in [-0.05, 0) is 0 Å². The lowest BCUT2D eigenvalue weighted by Crippen LogP contribution is -2.50. The Labute approximate surface area is 70.0 Å². The number of sulfone groups is 1. The van der Waals surface area contributed by atoms with E-state index in [9.17, 15) is 13.2 Å². The maximum Gasteiger partial charge on any atom is 0.246 e. The van der Waals surface area contributed by atoms with Crippen molar-refractivity contribution in [2.75, 3.05) is 18.1 Å². The molecule has 0 spiro atoms. The molecule has 12 heavy (non-hydrogen) atoms. The topological polar surface area (TPSA) is 72.5 Å². The highest BCUT2D eigenvalue weighted by molar-refractivity contribution is 7.91. The summed E-state index contributed by atoms with van der Waals surface area (Å²) in [5.41, 5.74) is 0. The highest BCUT2D eigenvalue weighted by Crippen LogP contribution is 2.18. The first kappa shape index (κ1) is 8.00. The SMILES string of the molecule is O=C1COC2CS(=O)(=O)CC2N1. The summed E-state index contributed by atoms with van der Waals surface area (Å²) in [7, 11) is -2.99. The number of ether oxygens (including phenoxy) is 1. The average molecular weight is 191 g/mol. The van der Waals surface area contributed by atoms with E-state index >= 15 is 0 Å². The number of carbonyl (C=O) groups excluding carboxylic acids is 1. The summed E-state index contributed by atoms with van der Waals surface area (Å²) in [5, 5.41) is 2.59. The minimum absolute atomic E-state index is 0.0172. The van der Waals surface area contributed by atoms with E-state index in [4.69, 9.17) is 4.74 Å². The first-order chi connectivity index (χ1) is 5.57. The predicted octanol–water partition coefficient (Wildman–Crippen LogP) is -1.70. The molecule has 2 heterocycles. The molecule has 5 nitrogen and oxygen atoms in total. The van der Waals surface area contributed by atoms with E-state index < -0.39 is 9.84 Å². The van der Waals surface area contributed by atoms with Crippen LogP contribution < -0.4 is 5.32 Å². The second kappa shape index (κ2) is 2.43. The van der Waals surface area contributed by atoms with Crippen LogP contribution in [0.2, 0.25) is 0 Å². The Morgan fingerprint density at radius 2 is 2.17 bits per heavy atom. The smallest absolute Gasteiger partial charge is 0.246 e. The Bertz CT molecular complexity index is 310. The van der Waals surface area contributed by atoms with Crippen LogP contribution in [0, 0.1) is 0 Å². The third kappa shape index (κ3) is 1.32. The van der Waals surface area contributed by atoms with Gasteiger partial charge in [-0.1, -0.05) is 0 Å². The molecule has 1 N–H and O–H groups in total. The van der Waals surface area contributed by atoms with E-state index in [1.807, 2.05) is 0 Å². The number of rotatable bonds is 0. The van der Waals surface area contributed by atoms with Crippen molar-refractivity contribution in [1.82, 2.24) is 5.32 Å².